The number of unbranched alkanes of at least 4 members (excludes halogenated alkanes) is 1. The molecule has 0 aliphatic heterocycles. The Labute approximate surface area is 188 Å². The van der Waals surface area contributed by atoms with Gasteiger partial charge in [0.15, 0.2) is 5.82 Å². The fraction of sp³-hybridized carbons (Fsp3) is 0.714. The van der Waals surface area contributed by atoms with E-state index >= 15 is 0 Å². The maximum atomic E-state index is 13.0. The smallest absolute Gasteiger partial charge is 0.410 e. The topological polar surface area (TPSA) is 93.7 Å². The first-order valence-corrected chi connectivity index (χ1v) is 11.1. The summed E-state index contributed by atoms with van der Waals surface area (Å²) in [5, 5.41) is 2.68. The van der Waals surface area contributed by atoms with Crippen LogP contribution >= 0.6 is 15.9 Å². The SMILES string of the molecule is CCCCC(C)(C)OC(=O)N(CCNC(=O)OC(C)(C)C)C(C)c1ncc(Br)cn1. The number of carbonyl (C=O) groups is 2. The fourth-order valence-corrected chi connectivity index (χ4v) is 2.87. The second-order valence-corrected chi connectivity index (χ2v) is 9.70. The van der Waals surface area contributed by atoms with Crippen molar-refractivity contribution >= 4 is 28.1 Å². The maximum Gasteiger partial charge on any atom is 0.410 e. The molecule has 1 rings (SSSR count). The largest absolute Gasteiger partial charge is 0.444 e. The number of hydrogen-bond donors (Lipinski definition) is 1. The van der Waals surface area contributed by atoms with Gasteiger partial charge >= 0.3 is 12.2 Å². The number of aromatic nitrogens is 2. The summed E-state index contributed by atoms with van der Waals surface area (Å²) in [6.07, 6.45) is 5.01. The van der Waals surface area contributed by atoms with Crippen LogP contribution in [0.5, 0.6) is 0 Å². The van der Waals surface area contributed by atoms with Crippen LogP contribution in [0.25, 0.3) is 0 Å². The highest BCUT2D eigenvalue weighted by Gasteiger charge is 2.30. The van der Waals surface area contributed by atoms with E-state index in [-0.39, 0.29) is 13.1 Å². The van der Waals surface area contributed by atoms with Gasteiger partial charge in [-0.25, -0.2) is 19.6 Å². The molecule has 170 valence electrons. The molecule has 30 heavy (non-hydrogen) atoms. The van der Waals surface area contributed by atoms with Crippen LogP contribution in [0.3, 0.4) is 0 Å². The van der Waals surface area contributed by atoms with Crippen molar-refractivity contribution in [1.29, 1.82) is 0 Å². The van der Waals surface area contributed by atoms with Crippen molar-refractivity contribution in [2.45, 2.75) is 85.0 Å². The van der Waals surface area contributed by atoms with Crippen molar-refractivity contribution in [2.75, 3.05) is 13.1 Å². The lowest BCUT2D eigenvalue weighted by molar-refractivity contribution is -0.000150. The fourth-order valence-electron chi connectivity index (χ4n) is 2.66. The van der Waals surface area contributed by atoms with Crippen LogP contribution in [-0.2, 0) is 9.47 Å². The molecule has 0 fully saturated rings. The molecule has 0 aromatic carbocycles. The van der Waals surface area contributed by atoms with E-state index < -0.39 is 29.4 Å². The van der Waals surface area contributed by atoms with Gasteiger partial charge in [0.1, 0.15) is 11.2 Å². The summed E-state index contributed by atoms with van der Waals surface area (Å²) in [5.74, 6) is 0.485. The van der Waals surface area contributed by atoms with Crippen molar-refractivity contribution in [1.82, 2.24) is 20.2 Å². The molecule has 0 spiro atoms. The Bertz CT molecular complexity index is 689. The summed E-state index contributed by atoms with van der Waals surface area (Å²) in [7, 11) is 0. The molecule has 0 saturated carbocycles. The summed E-state index contributed by atoms with van der Waals surface area (Å²) in [5.41, 5.74) is -1.19. The molecule has 1 aromatic rings. The quantitative estimate of drug-likeness (QED) is 0.513. The standard InChI is InChI=1S/C21H35BrN4O4/c1-8-9-10-21(6,7)30-19(28)26(12-11-23-18(27)29-20(3,4)5)15(2)17-24-13-16(22)14-25-17/h13-15H,8-12H2,1-7H3,(H,23,27). The molecule has 1 heterocycles. The zero-order valence-electron chi connectivity index (χ0n) is 19.1. The third-order valence-electron chi connectivity index (χ3n) is 4.23. The lowest BCUT2D eigenvalue weighted by Crippen LogP contribution is -2.44. The second kappa shape index (κ2) is 11.5. The summed E-state index contributed by atoms with van der Waals surface area (Å²) in [4.78, 5) is 35.1. The number of halogens is 1. The molecule has 0 aliphatic carbocycles. The predicted octanol–water partition coefficient (Wildman–Crippen LogP) is 5.23. The van der Waals surface area contributed by atoms with Crippen LogP contribution < -0.4 is 5.32 Å². The van der Waals surface area contributed by atoms with Gasteiger partial charge in [0, 0.05) is 25.5 Å². The van der Waals surface area contributed by atoms with E-state index in [9.17, 15) is 9.59 Å². The number of amides is 2. The molecule has 0 saturated heterocycles. The Balaban J connectivity index is 2.88. The molecule has 2 amide bonds. The molecule has 1 unspecified atom stereocenters. The number of nitrogens with one attached hydrogen (secondary N) is 1. The first-order valence-electron chi connectivity index (χ1n) is 10.3. The van der Waals surface area contributed by atoms with Gasteiger partial charge in [-0.15, -0.1) is 0 Å². The molecule has 8 nitrogen and oxygen atoms in total. The summed E-state index contributed by atoms with van der Waals surface area (Å²) in [6, 6.07) is -0.437. The Morgan fingerprint density at radius 2 is 1.77 bits per heavy atom. The molecule has 1 N–H and O–H groups in total. The number of rotatable bonds is 9. The van der Waals surface area contributed by atoms with E-state index in [4.69, 9.17) is 9.47 Å². The number of nitrogens with zero attached hydrogens (tertiary/aromatic N) is 3. The van der Waals surface area contributed by atoms with E-state index in [0.717, 1.165) is 23.7 Å². The first kappa shape index (κ1) is 26.1. The zero-order chi connectivity index (χ0) is 22.9. The molecular formula is C21H35BrN4O4. The van der Waals surface area contributed by atoms with Gasteiger partial charge in [-0.05, 0) is 70.3 Å². The van der Waals surface area contributed by atoms with Crippen LogP contribution in [0.15, 0.2) is 16.9 Å². The molecule has 0 radical (unpaired) electrons. The third-order valence-corrected chi connectivity index (χ3v) is 4.64. The van der Waals surface area contributed by atoms with E-state index in [1.165, 1.54) is 4.90 Å². The second-order valence-electron chi connectivity index (χ2n) is 8.79. The monoisotopic (exact) mass is 486 g/mol. The minimum Gasteiger partial charge on any atom is -0.444 e. The highest BCUT2D eigenvalue weighted by molar-refractivity contribution is 9.10. The zero-order valence-corrected chi connectivity index (χ0v) is 20.7. The molecule has 9 heteroatoms. The van der Waals surface area contributed by atoms with Crippen molar-refractivity contribution in [3.05, 3.63) is 22.7 Å². The summed E-state index contributed by atoms with van der Waals surface area (Å²) < 4.78 is 11.8. The highest BCUT2D eigenvalue weighted by atomic mass is 79.9. The van der Waals surface area contributed by atoms with Crippen LogP contribution in [0.4, 0.5) is 9.59 Å². The van der Waals surface area contributed by atoms with E-state index in [0.29, 0.717) is 5.82 Å². The van der Waals surface area contributed by atoms with Gasteiger partial charge in [-0.1, -0.05) is 13.3 Å². The molecule has 0 aliphatic rings. The van der Waals surface area contributed by atoms with E-state index in [1.807, 2.05) is 20.8 Å². The maximum absolute atomic E-state index is 13.0. The van der Waals surface area contributed by atoms with E-state index in [1.54, 1.807) is 33.2 Å². The first-order chi connectivity index (χ1) is 13.8. The minimum atomic E-state index is -0.593. The van der Waals surface area contributed by atoms with Crippen molar-refractivity contribution in [3.8, 4) is 0 Å². The normalized spacial score (nSPS) is 12.8. The highest BCUT2D eigenvalue weighted by Crippen LogP contribution is 2.23. The van der Waals surface area contributed by atoms with Crippen LogP contribution in [-0.4, -0.2) is 51.3 Å². The Hall–Kier alpha value is -1.90. The Morgan fingerprint density at radius 1 is 1.17 bits per heavy atom. The van der Waals surface area contributed by atoms with Gasteiger partial charge < -0.3 is 14.8 Å². The van der Waals surface area contributed by atoms with Gasteiger partial charge in [-0.2, -0.15) is 0 Å². The number of carbonyl (C=O) groups excluding carboxylic acids is 2. The number of ether oxygens (including phenoxy) is 2. The van der Waals surface area contributed by atoms with Crippen molar-refractivity contribution in [3.63, 3.8) is 0 Å². The predicted molar refractivity (Wildman–Crippen MR) is 119 cm³/mol. The third kappa shape index (κ3) is 9.73. The Morgan fingerprint density at radius 3 is 2.30 bits per heavy atom. The van der Waals surface area contributed by atoms with Crippen molar-refractivity contribution in [2.24, 2.45) is 0 Å². The van der Waals surface area contributed by atoms with Crippen LogP contribution in [0.2, 0.25) is 0 Å². The molecular weight excluding hydrogens is 452 g/mol. The lowest BCUT2D eigenvalue weighted by atomic mass is 10.0. The molecule has 1 aromatic heterocycles. The van der Waals surface area contributed by atoms with Crippen LogP contribution in [0, 0.1) is 0 Å². The van der Waals surface area contributed by atoms with Gasteiger partial charge in [0.05, 0.1) is 10.5 Å². The van der Waals surface area contributed by atoms with Gasteiger partial charge in [0.25, 0.3) is 0 Å². The summed E-state index contributed by atoms with van der Waals surface area (Å²) >= 11 is 3.31. The van der Waals surface area contributed by atoms with Crippen LogP contribution in [0.1, 0.15) is 79.6 Å². The van der Waals surface area contributed by atoms with E-state index in [2.05, 4.69) is 38.1 Å². The number of hydrogen-bond acceptors (Lipinski definition) is 6. The molecule has 0 bridgehead atoms. The Kier molecular flexibility index (Phi) is 10.0. The average Bonchev–Trinajstić information content (AvgIpc) is 2.61. The average molecular weight is 487 g/mol. The minimum absolute atomic E-state index is 0.209. The number of alkyl carbamates (subject to hydrolysis) is 1. The van der Waals surface area contributed by atoms with Crippen molar-refractivity contribution < 1.29 is 19.1 Å². The lowest BCUT2D eigenvalue weighted by Gasteiger charge is -2.33. The molecule has 1 atom stereocenters. The van der Waals surface area contributed by atoms with Gasteiger partial charge in [0.2, 0.25) is 0 Å². The van der Waals surface area contributed by atoms with Gasteiger partial charge in [-0.3, -0.25) is 4.90 Å². The summed E-state index contributed by atoms with van der Waals surface area (Å²) in [6.45, 7) is 13.5.